The average Bonchev–Trinajstić information content (AvgIpc) is 2.95. The van der Waals surface area contributed by atoms with Gasteiger partial charge in [0.25, 0.3) is 0 Å². The van der Waals surface area contributed by atoms with Crippen molar-refractivity contribution in [2.24, 2.45) is 16.0 Å². The Morgan fingerprint density at radius 1 is 0.917 bits per heavy atom. The summed E-state index contributed by atoms with van der Waals surface area (Å²) in [5.41, 5.74) is 5.14. The number of hydrogen-bond donors (Lipinski definition) is 1. The van der Waals surface area contributed by atoms with Crippen LogP contribution in [0.25, 0.3) is 0 Å². The van der Waals surface area contributed by atoms with E-state index >= 15 is 0 Å². The highest BCUT2D eigenvalue weighted by Gasteiger charge is 1.95. The first kappa shape index (κ1) is 26.0. The van der Waals surface area contributed by atoms with E-state index in [0.29, 0.717) is 6.54 Å². The summed E-state index contributed by atoms with van der Waals surface area (Å²) in [6.45, 7) is 4.84. The van der Waals surface area contributed by atoms with Crippen LogP contribution in [0.3, 0.4) is 0 Å². The number of hydrogen-bond acceptors (Lipinski definition) is 4. The molecule has 2 N–H and O–H groups in total. The van der Waals surface area contributed by atoms with Gasteiger partial charge in [0.1, 0.15) is 6.67 Å². The summed E-state index contributed by atoms with van der Waals surface area (Å²) >= 11 is 2.33. The minimum absolute atomic E-state index is 0.260. The Hall–Kier alpha value is -0.260. The lowest BCUT2D eigenvalue weighted by Gasteiger charge is -2.05. The molecule has 1 aliphatic rings. The van der Waals surface area contributed by atoms with Crippen molar-refractivity contribution >= 4 is 28.4 Å². The maximum atomic E-state index is 5.14. The fourth-order valence-electron chi connectivity index (χ4n) is 1.87. The minimum atomic E-state index is 0.260. The first-order valence-electron chi connectivity index (χ1n) is 8.93. The molecule has 0 aromatic rings. The molecule has 4 nitrogen and oxygen atoms in total. The van der Waals surface area contributed by atoms with Crippen molar-refractivity contribution in [1.29, 1.82) is 0 Å². The highest BCUT2D eigenvalue weighted by molar-refractivity contribution is 14.2. The minimum Gasteiger partial charge on any atom is -0.354 e. The quantitative estimate of drug-likeness (QED) is 0.151. The second-order valence-corrected chi connectivity index (χ2v) is 7.29. The van der Waals surface area contributed by atoms with Crippen molar-refractivity contribution in [3.8, 4) is 0 Å². The average molecular weight is 466 g/mol. The van der Waals surface area contributed by atoms with E-state index in [2.05, 4.69) is 36.9 Å². The van der Waals surface area contributed by atoms with Gasteiger partial charge in [-0.3, -0.25) is 0 Å². The van der Waals surface area contributed by atoms with Crippen LogP contribution in [0.4, 0.5) is 0 Å². The predicted molar refractivity (Wildman–Crippen MR) is 120 cm³/mol. The molecule has 1 unspecified atom stereocenters. The summed E-state index contributed by atoms with van der Waals surface area (Å²) in [4.78, 5) is 0. The Morgan fingerprint density at radius 3 is 1.88 bits per heavy atom. The summed E-state index contributed by atoms with van der Waals surface area (Å²) < 4.78 is 2.12. The number of azo groups is 1. The molecule has 1 atom stereocenters. The standard InChI is InChI=1S/C9H16IN4P.C7H14.C2H6/c1-14(15-10)8-6-4-2-3-5-7-12-13-9-11;1-2-4-6-7-5-3-1;1-2/h2-6,8,15H,7,9,11H2,1H3;1-7H2;1-2H3/b4-2+,5-3+,8-6+,13-12?;;. The molecule has 24 heavy (non-hydrogen) atoms. The summed E-state index contributed by atoms with van der Waals surface area (Å²) in [6, 6.07) is 0. The molecule has 1 saturated carbocycles. The summed E-state index contributed by atoms with van der Waals surface area (Å²) in [5, 5.41) is 7.45. The van der Waals surface area contributed by atoms with Gasteiger partial charge in [0.15, 0.2) is 0 Å². The van der Waals surface area contributed by atoms with Crippen molar-refractivity contribution in [2.45, 2.75) is 58.8 Å². The van der Waals surface area contributed by atoms with Gasteiger partial charge in [-0.2, -0.15) is 10.2 Å². The van der Waals surface area contributed by atoms with E-state index in [-0.39, 0.29) is 6.67 Å². The van der Waals surface area contributed by atoms with Gasteiger partial charge in [-0.15, -0.1) is 0 Å². The van der Waals surface area contributed by atoms with Crippen molar-refractivity contribution in [2.75, 3.05) is 20.3 Å². The van der Waals surface area contributed by atoms with E-state index < -0.39 is 0 Å². The molecular formula is C18H36IN4P. The summed E-state index contributed by atoms with van der Waals surface area (Å²) in [7, 11) is 2.04. The maximum absolute atomic E-state index is 5.14. The molecular weight excluding hydrogens is 430 g/mol. The Balaban J connectivity index is 0. The van der Waals surface area contributed by atoms with E-state index in [9.17, 15) is 0 Å². The fraction of sp³-hybridized carbons (Fsp3) is 0.667. The third kappa shape index (κ3) is 24.0. The second kappa shape index (κ2) is 25.0. The normalized spacial score (nSPS) is 15.7. The summed E-state index contributed by atoms with van der Waals surface area (Å²) in [6.07, 6.45) is 23.1. The van der Waals surface area contributed by atoms with Crippen LogP contribution in [-0.4, -0.2) is 24.9 Å². The van der Waals surface area contributed by atoms with Crippen LogP contribution in [0.1, 0.15) is 58.8 Å². The van der Waals surface area contributed by atoms with Crippen LogP contribution in [-0.2, 0) is 0 Å². The Kier molecular flexibility index (Phi) is 27.0. The van der Waals surface area contributed by atoms with Gasteiger partial charge >= 0.3 is 0 Å². The van der Waals surface area contributed by atoms with Gasteiger partial charge in [0.2, 0.25) is 0 Å². The van der Waals surface area contributed by atoms with E-state index in [4.69, 9.17) is 5.73 Å². The van der Waals surface area contributed by atoms with Crippen LogP contribution in [0.2, 0.25) is 0 Å². The fourth-order valence-corrected chi connectivity index (χ4v) is 2.50. The molecule has 1 aliphatic carbocycles. The molecule has 0 spiro atoms. The van der Waals surface area contributed by atoms with Crippen molar-refractivity contribution < 1.29 is 0 Å². The van der Waals surface area contributed by atoms with Crippen LogP contribution < -0.4 is 5.73 Å². The molecule has 140 valence electrons. The number of allylic oxidation sites excluding steroid dienone is 4. The van der Waals surface area contributed by atoms with Crippen molar-refractivity contribution in [3.05, 3.63) is 36.6 Å². The molecule has 0 heterocycles. The van der Waals surface area contributed by atoms with Gasteiger partial charge in [-0.05, 0) is 28.1 Å². The highest BCUT2D eigenvalue weighted by atomic mass is 127. The zero-order valence-corrected chi connectivity index (χ0v) is 18.8. The largest absolute Gasteiger partial charge is 0.354 e. The highest BCUT2D eigenvalue weighted by Crippen LogP contribution is 2.24. The molecule has 0 bridgehead atoms. The van der Waals surface area contributed by atoms with E-state index in [0.717, 1.165) is 6.37 Å². The van der Waals surface area contributed by atoms with Gasteiger partial charge in [-0.25, -0.2) is 0 Å². The SMILES string of the molecule is C1CCCCCC1.CC.CN(/C=C/C=C/C=C/CN=NCN)PI. The third-order valence-corrected chi connectivity index (χ3v) is 5.73. The third-order valence-electron chi connectivity index (χ3n) is 3.03. The molecule has 0 saturated heterocycles. The second-order valence-electron chi connectivity index (χ2n) is 4.97. The van der Waals surface area contributed by atoms with Gasteiger partial charge in [0.05, 0.1) is 6.54 Å². The van der Waals surface area contributed by atoms with Gasteiger partial charge in [0, 0.05) is 19.6 Å². The monoisotopic (exact) mass is 466 g/mol. The lowest BCUT2D eigenvalue weighted by Crippen LogP contribution is -1.91. The molecule has 0 aromatic carbocycles. The number of rotatable bonds is 7. The van der Waals surface area contributed by atoms with Crippen LogP contribution in [0.15, 0.2) is 46.8 Å². The van der Waals surface area contributed by atoms with Crippen molar-refractivity contribution in [3.63, 3.8) is 0 Å². The Bertz CT molecular complexity index is 324. The first-order valence-corrected chi connectivity index (χ1v) is 13.0. The number of halogens is 1. The van der Waals surface area contributed by atoms with E-state index in [1.165, 1.54) is 44.9 Å². The molecule has 0 amide bonds. The Labute approximate surface area is 164 Å². The Morgan fingerprint density at radius 2 is 1.42 bits per heavy atom. The van der Waals surface area contributed by atoms with Crippen molar-refractivity contribution in [1.82, 2.24) is 4.67 Å². The molecule has 0 aromatic heterocycles. The number of nitrogens with two attached hydrogens (primary N) is 1. The zero-order valence-electron chi connectivity index (χ0n) is 15.6. The van der Waals surface area contributed by atoms with E-state index in [1.54, 1.807) is 0 Å². The van der Waals surface area contributed by atoms with Gasteiger partial charge in [-0.1, -0.05) is 83.1 Å². The predicted octanol–water partition coefficient (Wildman–Crippen LogP) is 6.61. The van der Waals surface area contributed by atoms with Crippen LogP contribution in [0, 0.1) is 0 Å². The molecule has 6 heteroatoms. The topological polar surface area (TPSA) is 54.0 Å². The van der Waals surface area contributed by atoms with E-state index in [1.807, 2.05) is 57.5 Å². The summed E-state index contributed by atoms with van der Waals surface area (Å²) in [5.74, 6) is 0. The van der Waals surface area contributed by atoms with Crippen LogP contribution >= 0.6 is 28.4 Å². The lowest BCUT2D eigenvalue weighted by molar-refractivity contribution is 0.702. The van der Waals surface area contributed by atoms with Crippen LogP contribution in [0.5, 0.6) is 0 Å². The smallest absolute Gasteiger partial charge is 0.107 e. The maximum Gasteiger partial charge on any atom is 0.107 e. The molecule has 0 aliphatic heterocycles. The van der Waals surface area contributed by atoms with Gasteiger partial charge < -0.3 is 10.4 Å². The molecule has 1 rings (SSSR count). The first-order chi connectivity index (χ1) is 11.8. The molecule has 0 radical (unpaired) electrons. The number of nitrogens with zero attached hydrogens (tertiary/aromatic N) is 3. The molecule has 1 fully saturated rings. The lowest BCUT2D eigenvalue weighted by atomic mass is 10.2. The zero-order chi connectivity index (χ0) is 18.3.